The second-order valence-electron chi connectivity index (χ2n) is 5.38. The van der Waals surface area contributed by atoms with Crippen LogP contribution in [0.2, 0.25) is 0 Å². The van der Waals surface area contributed by atoms with Gasteiger partial charge in [-0.2, -0.15) is 0 Å². The van der Waals surface area contributed by atoms with E-state index in [1.54, 1.807) is 12.1 Å². The molecule has 0 saturated carbocycles. The van der Waals surface area contributed by atoms with Crippen LogP contribution in [0.5, 0.6) is 11.5 Å². The third-order valence-corrected chi connectivity index (χ3v) is 2.94. The number of hydrogen-bond acceptors (Lipinski definition) is 5. The Hall–Kier alpha value is -1.82. The van der Waals surface area contributed by atoms with Crippen LogP contribution < -0.4 is 15.2 Å². The number of nitrogens with two attached hydrogens (primary N) is 1. The van der Waals surface area contributed by atoms with Crippen LogP contribution in [-0.4, -0.2) is 23.7 Å². The lowest BCUT2D eigenvalue weighted by atomic mass is 9.96. The minimum absolute atomic E-state index is 0.0398. The molecule has 0 radical (unpaired) electrons. The molecule has 0 bridgehead atoms. The Morgan fingerprint density at radius 3 is 2.68 bits per heavy atom. The summed E-state index contributed by atoms with van der Waals surface area (Å²) in [6.07, 6.45) is 1.41. The first kappa shape index (κ1) is 13.6. The maximum Gasteiger partial charge on any atom is 0.315 e. The monoisotopic (exact) mass is 266 g/mol. The Labute approximate surface area is 111 Å². The Bertz CT molecular complexity index is 494. The molecular weight excluding hydrogens is 248 g/mol. The minimum Gasteiger partial charge on any atom is -0.486 e. The number of benzene rings is 1. The number of nitro groups is 1. The smallest absolute Gasteiger partial charge is 0.315 e. The fourth-order valence-electron chi connectivity index (χ4n) is 1.94. The van der Waals surface area contributed by atoms with E-state index in [0.717, 1.165) is 12.0 Å². The van der Waals surface area contributed by atoms with Gasteiger partial charge in [-0.05, 0) is 38.3 Å². The van der Waals surface area contributed by atoms with Crippen LogP contribution in [0.1, 0.15) is 25.8 Å². The van der Waals surface area contributed by atoms with Gasteiger partial charge in [-0.25, -0.2) is 0 Å². The summed E-state index contributed by atoms with van der Waals surface area (Å²) in [4.78, 5) is 10.6. The molecular formula is C13H18N2O4. The standard InChI is InChI=1S/C13H18N2O4/c1-13(2,14)4-3-9-7-10(15(16)17)12-11(8-9)18-5-6-19-12/h7-8H,3-6,14H2,1-2H3. The molecule has 104 valence electrons. The second kappa shape index (κ2) is 5.05. The fraction of sp³-hybridized carbons (Fsp3) is 0.538. The number of aryl methyl sites for hydroxylation is 1. The van der Waals surface area contributed by atoms with Crippen LogP contribution in [0.4, 0.5) is 5.69 Å². The lowest BCUT2D eigenvalue weighted by Crippen LogP contribution is -2.32. The summed E-state index contributed by atoms with van der Waals surface area (Å²) in [6, 6.07) is 3.34. The summed E-state index contributed by atoms with van der Waals surface area (Å²) in [6.45, 7) is 4.61. The number of nitro benzene ring substituents is 1. The SMILES string of the molecule is CC(C)(N)CCc1cc2c(c([N+](=O)[O-])c1)OCCO2. The van der Waals surface area contributed by atoms with Gasteiger partial charge in [0.25, 0.3) is 0 Å². The van der Waals surface area contributed by atoms with Crippen LogP contribution >= 0.6 is 0 Å². The number of nitrogens with zero attached hydrogens (tertiary/aromatic N) is 1. The van der Waals surface area contributed by atoms with E-state index in [0.29, 0.717) is 25.4 Å². The van der Waals surface area contributed by atoms with Gasteiger partial charge in [0.15, 0.2) is 5.75 Å². The van der Waals surface area contributed by atoms with Gasteiger partial charge in [0.2, 0.25) is 5.75 Å². The quantitative estimate of drug-likeness (QED) is 0.665. The highest BCUT2D eigenvalue weighted by molar-refractivity contribution is 5.58. The largest absolute Gasteiger partial charge is 0.486 e. The molecule has 2 rings (SSSR count). The molecule has 0 amide bonds. The van der Waals surface area contributed by atoms with E-state index in [1.807, 2.05) is 13.8 Å². The van der Waals surface area contributed by atoms with Crippen LogP contribution in [0, 0.1) is 10.1 Å². The Morgan fingerprint density at radius 1 is 1.37 bits per heavy atom. The van der Waals surface area contributed by atoms with Crippen LogP contribution in [0.3, 0.4) is 0 Å². The first-order chi connectivity index (χ1) is 8.87. The normalized spacial score (nSPS) is 14.3. The Kier molecular flexibility index (Phi) is 3.61. The Morgan fingerprint density at radius 2 is 2.05 bits per heavy atom. The molecule has 1 heterocycles. The first-order valence-corrected chi connectivity index (χ1v) is 6.22. The second-order valence-corrected chi connectivity index (χ2v) is 5.38. The zero-order valence-electron chi connectivity index (χ0n) is 11.1. The van der Waals surface area contributed by atoms with Gasteiger partial charge in [0.05, 0.1) is 4.92 Å². The van der Waals surface area contributed by atoms with Gasteiger partial charge >= 0.3 is 5.69 Å². The summed E-state index contributed by atoms with van der Waals surface area (Å²) in [5.41, 5.74) is 6.43. The molecule has 0 saturated heterocycles. The molecule has 0 aromatic heterocycles. The lowest BCUT2D eigenvalue weighted by molar-refractivity contribution is -0.386. The molecule has 19 heavy (non-hydrogen) atoms. The van der Waals surface area contributed by atoms with Crippen molar-refractivity contribution >= 4 is 5.69 Å². The molecule has 6 nitrogen and oxygen atoms in total. The van der Waals surface area contributed by atoms with Crippen LogP contribution in [-0.2, 0) is 6.42 Å². The van der Waals surface area contributed by atoms with Crippen molar-refractivity contribution in [2.45, 2.75) is 32.2 Å². The summed E-state index contributed by atoms with van der Waals surface area (Å²) < 4.78 is 10.8. The summed E-state index contributed by atoms with van der Waals surface area (Å²) in [5.74, 6) is 0.678. The van der Waals surface area contributed by atoms with E-state index >= 15 is 0 Å². The van der Waals surface area contributed by atoms with E-state index in [9.17, 15) is 10.1 Å². The summed E-state index contributed by atoms with van der Waals surface area (Å²) in [5, 5.41) is 11.1. The molecule has 2 N–H and O–H groups in total. The molecule has 0 spiro atoms. The molecule has 0 atom stereocenters. The topological polar surface area (TPSA) is 87.6 Å². The molecule has 0 fully saturated rings. The fourth-order valence-corrected chi connectivity index (χ4v) is 1.94. The minimum atomic E-state index is -0.440. The van der Waals surface area contributed by atoms with Crippen molar-refractivity contribution in [2.75, 3.05) is 13.2 Å². The van der Waals surface area contributed by atoms with Gasteiger partial charge in [0, 0.05) is 11.6 Å². The van der Waals surface area contributed by atoms with Gasteiger partial charge in [-0.3, -0.25) is 10.1 Å². The van der Waals surface area contributed by atoms with Crippen molar-refractivity contribution in [3.63, 3.8) is 0 Å². The predicted octanol–water partition coefficient (Wildman–Crippen LogP) is 2.04. The van der Waals surface area contributed by atoms with E-state index in [-0.39, 0.29) is 17.0 Å². The van der Waals surface area contributed by atoms with Crippen molar-refractivity contribution in [2.24, 2.45) is 5.73 Å². The van der Waals surface area contributed by atoms with E-state index in [1.165, 1.54) is 0 Å². The first-order valence-electron chi connectivity index (χ1n) is 6.22. The van der Waals surface area contributed by atoms with Crippen molar-refractivity contribution in [3.8, 4) is 11.5 Å². The van der Waals surface area contributed by atoms with Gasteiger partial charge in [-0.1, -0.05) is 0 Å². The zero-order chi connectivity index (χ0) is 14.0. The molecule has 6 heteroatoms. The molecule has 1 aromatic rings. The Balaban J connectivity index is 2.30. The third kappa shape index (κ3) is 3.35. The lowest BCUT2D eigenvalue weighted by Gasteiger charge is -2.21. The highest BCUT2D eigenvalue weighted by Crippen LogP contribution is 2.40. The van der Waals surface area contributed by atoms with Gasteiger partial charge in [0.1, 0.15) is 13.2 Å². The third-order valence-electron chi connectivity index (χ3n) is 2.94. The van der Waals surface area contributed by atoms with E-state index in [2.05, 4.69) is 0 Å². The molecule has 1 aliphatic rings. The number of hydrogen-bond donors (Lipinski definition) is 1. The van der Waals surface area contributed by atoms with Gasteiger partial charge in [-0.15, -0.1) is 0 Å². The van der Waals surface area contributed by atoms with Crippen LogP contribution in [0.15, 0.2) is 12.1 Å². The number of ether oxygens (including phenoxy) is 2. The van der Waals surface area contributed by atoms with Gasteiger partial charge < -0.3 is 15.2 Å². The average molecular weight is 266 g/mol. The predicted molar refractivity (Wildman–Crippen MR) is 70.7 cm³/mol. The van der Waals surface area contributed by atoms with Crippen molar-refractivity contribution in [1.29, 1.82) is 0 Å². The summed E-state index contributed by atoms with van der Waals surface area (Å²) in [7, 11) is 0. The average Bonchev–Trinajstić information content (AvgIpc) is 2.34. The van der Waals surface area contributed by atoms with E-state index < -0.39 is 4.92 Å². The maximum atomic E-state index is 11.1. The molecule has 1 aliphatic heterocycles. The highest BCUT2D eigenvalue weighted by atomic mass is 16.6. The van der Waals surface area contributed by atoms with Crippen molar-refractivity contribution in [3.05, 3.63) is 27.8 Å². The van der Waals surface area contributed by atoms with Crippen molar-refractivity contribution in [1.82, 2.24) is 0 Å². The summed E-state index contributed by atoms with van der Waals surface area (Å²) >= 11 is 0. The zero-order valence-corrected chi connectivity index (χ0v) is 11.1. The van der Waals surface area contributed by atoms with Crippen LogP contribution in [0.25, 0.3) is 0 Å². The molecule has 0 aliphatic carbocycles. The molecule has 1 aromatic carbocycles. The number of rotatable bonds is 4. The maximum absolute atomic E-state index is 11.1. The van der Waals surface area contributed by atoms with E-state index in [4.69, 9.17) is 15.2 Å². The van der Waals surface area contributed by atoms with Crippen molar-refractivity contribution < 1.29 is 14.4 Å². The highest BCUT2D eigenvalue weighted by Gasteiger charge is 2.25. The molecule has 0 unspecified atom stereocenters. The number of fused-ring (bicyclic) bond motifs is 1.